The van der Waals surface area contributed by atoms with Crippen molar-refractivity contribution < 1.29 is 9.59 Å². The van der Waals surface area contributed by atoms with Crippen molar-refractivity contribution in [3.63, 3.8) is 0 Å². The Morgan fingerprint density at radius 3 is 2.90 bits per heavy atom. The summed E-state index contributed by atoms with van der Waals surface area (Å²) in [5.41, 5.74) is 4.39. The fraction of sp³-hybridized carbons (Fsp3) is 0.367. The Bertz CT molecular complexity index is 1530. The fourth-order valence-electron chi connectivity index (χ4n) is 5.07. The van der Waals surface area contributed by atoms with Crippen molar-refractivity contribution in [1.29, 1.82) is 5.26 Å². The third-order valence-corrected chi connectivity index (χ3v) is 8.45. The first-order chi connectivity index (χ1) is 18.9. The smallest absolute Gasteiger partial charge is 0.257 e. The Labute approximate surface area is 232 Å². The number of imidazole rings is 1. The van der Waals surface area contributed by atoms with E-state index in [-0.39, 0.29) is 23.5 Å². The molecular formula is C30H32N6O2S. The summed E-state index contributed by atoms with van der Waals surface area (Å²) < 4.78 is 1.78. The van der Waals surface area contributed by atoms with E-state index in [9.17, 15) is 9.59 Å². The second kappa shape index (κ2) is 11.9. The molecule has 1 amide bonds. The second-order valence-electron chi connectivity index (χ2n) is 10.1. The number of carbonyl (C=O) groups excluding carboxylic acids is 2. The molecule has 4 aromatic rings. The van der Waals surface area contributed by atoms with Crippen LogP contribution in [-0.2, 0) is 13.0 Å². The predicted octanol–water partition coefficient (Wildman–Crippen LogP) is 5.74. The maximum atomic E-state index is 13.2. The molecule has 2 N–H and O–H groups in total. The summed E-state index contributed by atoms with van der Waals surface area (Å²) in [5.74, 6) is 0.0527. The van der Waals surface area contributed by atoms with Crippen molar-refractivity contribution in [2.24, 2.45) is 5.92 Å². The van der Waals surface area contributed by atoms with Crippen molar-refractivity contribution in [1.82, 2.24) is 19.7 Å². The highest BCUT2D eigenvalue weighted by Crippen LogP contribution is 2.28. The lowest BCUT2D eigenvalue weighted by atomic mass is 9.89. The molecule has 4 heterocycles. The summed E-state index contributed by atoms with van der Waals surface area (Å²) in [6.45, 7) is 5.92. The highest BCUT2D eigenvalue weighted by molar-refractivity contribution is 7.15. The van der Waals surface area contributed by atoms with Crippen LogP contribution in [0.3, 0.4) is 0 Å². The number of nitrogens with one attached hydrogen (secondary N) is 2. The molecule has 0 saturated heterocycles. The van der Waals surface area contributed by atoms with E-state index in [1.165, 1.54) is 16.2 Å². The molecule has 1 aromatic carbocycles. The van der Waals surface area contributed by atoms with Crippen molar-refractivity contribution >= 4 is 33.8 Å². The zero-order chi connectivity index (χ0) is 27.4. The zero-order valence-electron chi connectivity index (χ0n) is 22.2. The zero-order valence-corrected chi connectivity index (χ0v) is 23.1. The molecular weight excluding hydrogens is 508 g/mol. The summed E-state index contributed by atoms with van der Waals surface area (Å²) in [4.78, 5) is 36.4. The molecule has 8 nitrogen and oxygen atoms in total. The van der Waals surface area contributed by atoms with Gasteiger partial charge in [0.2, 0.25) is 0 Å². The summed E-state index contributed by atoms with van der Waals surface area (Å²) in [5, 5.41) is 16.1. The number of ketones is 1. The van der Waals surface area contributed by atoms with Gasteiger partial charge in [-0.05, 0) is 55.0 Å². The highest BCUT2D eigenvalue weighted by Gasteiger charge is 2.22. The number of anilines is 1. The summed E-state index contributed by atoms with van der Waals surface area (Å²) in [7, 11) is 0. The maximum absolute atomic E-state index is 13.2. The third kappa shape index (κ3) is 6.08. The number of nitrogens with zero attached hydrogens (tertiary/aromatic N) is 4. The molecule has 0 aliphatic carbocycles. The number of hydrogen-bond donors (Lipinski definition) is 2. The molecule has 9 heteroatoms. The van der Waals surface area contributed by atoms with E-state index in [4.69, 9.17) is 5.26 Å². The largest absolute Gasteiger partial charge is 0.311 e. The Kier molecular flexibility index (Phi) is 8.15. The molecule has 0 saturated carbocycles. The molecule has 5 rings (SSSR count). The molecule has 2 atom stereocenters. The minimum atomic E-state index is -0.144. The van der Waals surface area contributed by atoms with Crippen LogP contribution in [0.15, 0.2) is 48.8 Å². The predicted molar refractivity (Wildman–Crippen MR) is 152 cm³/mol. The number of rotatable bonds is 10. The van der Waals surface area contributed by atoms with E-state index in [1.807, 2.05) is 25.1 Å². The van der Waals surface area contributed by atoms with Crippen LogP contribution in [0.1, 0.15) is 88.0 Å². The third-order valence-electron chi connectivity index (χ3n) is 7.44. The number of carbonyl (C=O) groups is 2. The second-order valence-corrected chi connectivity index (χ2v) is 11.2. The van der Waals surface area contributed by atoms with Crippen LogP contribution in [0.4, 0.5) is 5.13 Å². The molecule has 1 aliphatic rings. The van der Waals surface area contributed by atoms with Gasteiger partial charge in [-0.3, -0.25) is 14.9 Å². The number of nitriles is 1. The van der Waals surface area contributed by atoms with Crippen molar-refractivity contribution in [3.05, 3.63) is 81.7 Å². The van der Waals surface area contributed by atoms with Crippen LogP contribution in [0.25, 0.3) is 5.65 Å². The number of amides is 1. The first kappa shape index (κ1) is 26.7. The van der Waals surface area contributed by atoms with E-state index < -0.39 is 0 Å². The van der Waals surface area contributed by atoms with Crippen LogP contribution >= 0.6 is 11.3 Å². The molecule has 0 fully saturated rings. The van der Waals surface area contributed by atoms with Crippen molar-refractivity contribution in [2.75, 3.05) is 11.9 Å². The Hall–Kier alpha value is -3.87. The van der Waals surface area contributed by atoms with Crippen molar-refractivity contribution in [2.45, 2.75) is 58.4 Å². The molecule has 39 heavy (non-hydrogen) atoms. The summed E-state index contributed by atoms with van der Waals surface area (Å²) in [6.07, 6.45) is 7.73. The van der Waals surface area contributed by atoms with Gasteiger partial charge in [-0.15, -0.1) is 11.3 Å². The average molecular weight is 541 g/mol. The Morgan fingerprint density at radius 1 is 1.23 bits per heavy atom. The molecule has 0 radical (unpaired) electrons. The normalized spacial score (nSPS) is 14.4. The van der Waals surface area contributed by atoms with Gasteiger partial charge in [0.25, 0.3) is 5.91 Å². The van der Waals surface area contributed by atoms with E-state index in [0.717, 1.165) is 56.5 Å². The first-order valence-electron chi connectivity index (χ1n) is 13.5. The van der Waals surface area contributed by atoms with Gasteiger partial charge in [0.05, 0.1) is 17.3 Å². The van der Waals surface area contributed by atoms with Gasteiger partial charge in [-0.2, -0.15) is 5.26 Å². The minimum Gasteiger partial charge on any atom is -0.311 e. The summed E-state index contributed by atoms with van der Waals surface area (Å²) >= 11 is 1.54. The lowest BCUT2D eigenvalue weighted by molar-refractivity contribution is 0.0902. The number of thiazole rings is 1. The average Bonchev–Trinajstić information content (AvgIpc) is 3.58. The van der Waals surface area contributed by atoms with Gasteiger partial charge in [-0.25, -0.2) is 9.97 Å². The fourth-order valence-corrected chi connectivity index (χ4v) is 6.04. The van der Waals surface area contributed by atoms with Crippen LogP contribution in [0.2, 0.25) is 0 Å². The number of Topliss-reactive ketones (excluding diaryl/α,β-unsaturated/α-hetero) is 1. The monoisotopic (exact) mass is 540 g/mol. The number of aromatic nitrogens is 3. The number of fused-ring (bicyclic) bond motifs is 2. The van der Waals surface area contributed by atoms with Gasteiger partial charge in [0.1, 0.15) is 11.3 Å². The van der Waals surface area contributed by atoms with E-state index >= 15 is 0 Å². The summed E-state index contributed by atoms with van der Waals surface area (Å²) in [6, 6.07) is 13.3. The number of hydrogen-bond acceptors (Lipinski definition) is 7. The molecule has 2 unspecified atom stereocenters. The topological polar surface area (TPSA) is 112 Å². The standard InChI is InChI=1S/C30H32N6O2S/c1-3-21(28(37)25-18-36-13-11-20(16-31)14-27(36)33-25)7-4-6-19(2)22-8-5-9-23(15-22)29(38)35-30-34-24-10-12-32-17-26(24)39-30/h5,8-9,11,13-15,18-19,21,32H,3-4,6-7,10,12,17H2,1-2H3,(H,34,35,38). The van der Waals surface area contributed by atoms with Gasteiger partial charge >= 0.3 is 0 Å². The van der Waals surface area contributed by atoms with Gasteiger partial charge < -0.3 is 9.72 Å². The highest BCUT2D eigenvalue weighted by atomic mass is 32.1. The molecule has 0 spiro atoms. The van der Waals surface area contributed by atoms with Crippen LogP contribution < -0.4 is 10.6 Å². The van der Waals surface area contributed by atoms with Gasteiger partial charge in [0, 0.05) is 48.3 Å². The van der Waals surface area contributed by atoms with E-state index in [1.54, 1.807) is 28.9 Å². The van der Waals surface area contributed by atoms with Crippen LogP contribution in [0.5, 0.6) is 0 Å². The van der Waals surface area contributed by atoms with E-state index in [0.29, 0.717) is 27.6 Å². The molecule has 200 valence electrons. The van der Waals surface area contributed by atoms with Gasteiger partial charge in [0.15, 0.2) is 10.9 Å². The number of pyridine rings is 1. The van der Waals surface area contributed by atoms with Gasteiger partial charge in [-0.1, -0.05) is 32.4 Å². The van der Waals surface area contributed by atoms with Crippen molar-refractivity contribution in [3.8, 4) is 6.07 Å². The maximum Gasteiger partial charge on any atom is 0.257 e. The minimum absolute atomic E-state index is 0.0469. The Morgan fingerprint density at radius 2 is 2.10 bits per heavy atom. The SMILES string of the molecule is CCC(CCCC(C)c1cccc(C(=O)Nc2nc3c(s2)CNCC3)c1)C(=O)c1cn2ccc(C#N)cc2n1. The van der Waals surface area contributed by atoms with E-state index in [2.05, 4.69) is 39.7 Å². The quantitative estimate of drug-likeness (QED) is 0.248. The molecule has 0 bridgehead atoms. The molecule has 1 aliphatic heterocycles. The Balaban J connectivity index is 1.17. The molecule has 3 aromatic heterocycles. The number of benzene rings is 1. The van der Waals surface area contributed by atoms with Crippen LogP contribution in [0, 0.1) is 17.2 Å². The first-order valence-corrected chi connectivity index (χ1v) is 14.3. The lowest BCUT2D eigenvalue weighted by Crippen LogP contribution is -2.22. The lowest BCUT2D eigenvalue weighted by Gasteiger charge is -2.16. The van der Waals surface area contributed by atoms with Crippen LogP contribution in [-0.4, -0.2) is 32.6 Å².